The van der Waals surface area contributed by atoms with Gasteiger partial charge in [0.05, 0.1) is 11.0 Å². The summed E-state index contributed by atoms with van der Waals surface area (Å²) in [6.07, 6.45) is 0. The van der Waals surface area contributed by atoms with E-state index in [1.165, 1.54) is 60.5 Å². The molecule has 48 heavy (non-hydrogen) atoms. The van der Waals surface area contributed by atoms with Gasteiger partial charge in [-0.15, -0.1) is 0 Å². The molecule has 2 nitrogen and oxygen atoms in total. The zero-order valence-corrected chi connectivity index (χ0v) is 26.4. The van der Waals surface area contributed by atoms with Crippen molar-refractivity contribution in [1.82, 2.24) is 4.57 Å². The maximum absolute atomic E-state index is 2.38. The van der Waals surface area contributed by atoms with Crippen LogP contribution in [0.5, 0.6) is 0 Å². The van der Waals surface area contributed by atoms with Crippen molar-refractivity contribution in [3.63, 3.8) is 0 Å². The molecular weight excluding hydrogens is 581 g/mol. The number of hydrogen-bond donors (Lipinski definition) is 0. The average molecular weight is 613 g/mol. The molecule has 2 heteroatoms. The Morgan fingerprint density at radius 2 is 0.896 bits per heavy atom. The number of nitrogens with zero attached hydrogens (tertiary/aromatic N) is 2. The van der Waals surface area contributed by atoms with Crippen LogP contribution in [0.1, 0.15) is 0 Å². The van der Waals surface area contributed by atoms with Crippen LogP contribution in [0.2, 0.25) is 0 Å². The first-order chi connectivity index (χ1) is 23.8. The van der Waals surface area contributed by atoms with Crippen molar-refractivity contribution in [1.29, 1.82) is 0 Å². The highest BCUT2D eigenvalue weighted by Gasteiger charge is 2.16. The van der Waals surface area contributed by atoms with Crippen LogP contribution >= 0.6 is 0 Å². The lowest BCUT2D eigenvalue weighted by molar-refractivity contribution is 1.18. The molecule has 0 aliphatic carbocycles. The van der Waals surface area contributed by atoms with Gasteiger partial charge >= 0.3 is 0 Å². The minimum Gasteiger partial charge on any atom is -0.310 e. The van der Waals surface area contributed by atoms with Crippen molar-refractivity contribution in [3.8, 4) is 27.9 Å². The van der Waals surface area contributed by atoms with Crippen LogP contribution in [0.4, 0.5) is 17.1 Å². The minimum absolute atomic E-state index is 1.12. The Hall–Kier alpha value is -6.38. The zero-order chi connectivity index (χ0) is 31.9. The Bertz CT molecular complexity index is 2530. The van der Waals surface area contributed by atoms with Gasteiger partial charge < -0.3 is 9.47 Å². The smallest absolute Gasteiger partial charge is 0.0547 e. The standard InChI is InChI=1S/C46H32N2/c1-4-13-33(14-5-1)34-25-27-41(28-26-34)47(39-16-6-2-7-17-39)42-20-12-15-35(30-42)36-23-24-37-32-46-44(31-38(37)29-36)43-21-10-11-22-45(43)48(46)40-18-8-3-9-19-40/h1-32H. The molecule has 226 valence electrons. The van der Waals surface area contributed by atoms with E-state index in [0.29, 0.717) is 0 Å². The van der Waals surface area contributed by atoms with Gasteiger partial charge in [0, 0.05) is 33.5 Å². The Labute approximate surface area is 280 Å². The van der Waals surface area contributed by atoms with Crippen LogP contribution in [-0.2, 0) is 0 Å². The first-order valence-electron chi connectivity index (χ1n) is 16.4. The van der Waals surface area contributed by atoms with E-state index in [-0.39, 0.29) is 0 Å². The molecule has 1 aromatic heterocycles. The molecule has 0 fully saturated rings. The van der Waals surface area contributed by atoms with Crippen LogP contribution in [-0.4, -0.2) is 4.57 Å². The maximum Gasteiger partial charge on any atom is 0.0547 e. The highest BCUT2D eigenvalue weighted by atomic mass is 15.1. The van der Waals surface area contributed by atoms with E-state index in [4.69, 9.17) is 0 Å². The summed E-state index contributed by atoms with van der Waals surface area (Å²) in [7, 11) is 0. The van der Waals surface area contributed by atoms with Gasteiger partial charge in [-0.2, -0.15) is 0 Å². The van der Waals surface area contributed by atoms with E-state index in [0.717, 1.165) is 17.1 Å². The van der Waals surface area contributed by atoms with E-state index in [9.17, 15) is 0 Å². The van der Waals surface area contributed by atoms with Crippen LogP contribution < -0.4 is 4.90 Å². The van der Waals surface area contributed by atoms with Crippen LogP contribution in [0.15, 0.2) is 194 Å². The minimum atomic E-state index is 1.12. The first kappa shape index (κ1) is 27.9. The first-order valence-corrected chi connectivity index (χ1v) is 16.4. The normalized spacial score (nSPS) is 11.3. The predicted molar refractivity (Wildman–Crippen MR) is 204 cm³/mol. The molecule has 0 bridgehead atoms. The summed E-state index contributed by atoms with van der Waals surface area (Å²) in [5.74, 6) is 0. The lowest BCUT2D eigenvalue weighted by Gasteiger charge is -2.26. The van der Waals surface area contributed by atoms with Crippen molar-refractivity contribution in [2.75, 3.05) is 4.90 Å². The topological polar surface area (TPSA) is 8.17 Å². The van der Waals surface area contributed by atoms with E-state index in [2.05, 4.69) is 204 Å². The fraction of sp³-hybridized carbons (Fsp3) is 0. The Kier molecular flexibility index (Phi) is 6.84. The highest BCUT2D eigenvalue weighted by molar-refractivity contribution is 6.14. The summed E-state index contributed by atoms with van der Waals surface area (Å²) in [5.41, 5.74) is 11.8. The molecule has 0 aliphatic rings. The summed E-state index contributed by atoms with van der Waals surface area (Å²) in [5, 5.41) is 4.99. The second-order valence-corrected chi connectivity index (χ2v) is 12.3. The number of para-hydroxylation sites is 3. The maximum atomic E-state index is 2.38. The molecule has 0 radical (unpaired) electrons. The van der Waals surface area contributed by atoms with E-state index < -0.39 is 0 Å². The third-order valence-corrected chi connectivity index (χ3v) is 9.33. The molecule has 9 rings (SSSR count). The third-order valence-electron chi connectivity index (χ3n) is 9.33. The largest absolute Gasteiger partial charge is 0.310 e. The summed E-state index contributed by atoms with van der Waals surface area (Å²) in [6.45, 7) is 0. The van der Waals surface area contributed by atoms with Gasteiger partial charge in [-0.25, -0.2) is 0 Å². The molecule has 9 aromatic rings. The predicted octanol–water partition coefficient (Wildman–Crippen LogP) is 12.7. The number of benzene rings is 8. The third kappa shape index (κ3) is 4.92. The highest BCUT2D eigenvalue weighted by Crippen LogP contribution is 2.39. The van der Waals surface area contributed by atoms with Crippen molar-refractivity contribution >= 4 is 49.6 Å². The molecular formula is C46H32N2. The number of rotatable bonds is 6. The fourth-order valence-corrected chi connectivity index (χ4v) is 7.03. The Balaban J connectivity index is 1.14. The fourth-order valence-electron chi connectivity index (χ4n) is 7.03. The average Bonchev–Trinajstić information content (AvgIpc) is 3.48. The van der Waals surface area contributed by atoms with Crippen LogP contribution in [0.3, 0.4) is 0 Å². The molecule has 0 saturated carbocycles. The summed E-state index contributed by atoms with van der Waals surface area (Å²) in [6, 6.07) is 69.8. The van der Waals surface area contributed by atoms with Crippen LogP contribution in [0.25, 0.3) is 60.5 Å². The van der Waals surface area contributed by atoms with Gasteiger partial charge in [-0.3, -0.25) is 0 Å². The monoisotopic (exact) mass is 612 g/mol. The van der Waals surface area contributed by atoms with Crippen molar-refractivity contribution in [2.45, 2.75) is 0 Å². The lowest BCUT2D eigenvalue weighted by Crippen LogP contribution is -2.09. The molecule has 0 aliphatic heterocycles. The lowest BCUT2D eigenvalue weighted by atomic mass is 9.99. The van der Waals surface area contributed by atoms with Gasteiger partial charge in [0.2, 0.25) is 0 Å². The van der Waals surface area contributed by atoms with Gasteiger partial charge in [-0.1, -0.05) is 121 Å². The zero-order valence-electron chi connectivity index (χ0n) is 26.4. The molecule has 1 heterocycles. The molecule has 0 spiro atoms. The Morgan fingerprint density at radius 3 is 1.69 bits per heavy atom. The van der Waals surface area contributed by atoms with E-state index in [1.54, 1.807) is 0 Å². The van der Waals surface area contributed by atoms with Crippen molar-refractivity contribution < 1.29 is 0 Å². The number of aromatic nitrogens is 1. The summed E-state index contributed by atoms with van der Waals surface area (Å²) >= 11 is 0. The summed E-state index contributed by atoms with van der Waals surface area (Å²) in [4.78, 5) is 2.33. The number of hydrogen-bond acceptors (Lipinski definition) is 1. The van der Waals surface area contributed by atoms with Crippen molar-refractivity contribution in [3.05, 3.63) is 194 Å². The molecule has 0 amide bonds. The second-order valence-electron chi connectivity index (χ2n) is 12.3. The van der Waals surface area contributed by atoms with Crippen LogP contribution in [0, 0.1) is 0 Å². The molecule has 0 atom stereocenters. The molecule has 0 saturated heterocycles. The van der Waals surface area contributed by atoms with Crippen molar-refractivity contribution in [2.24, 2.45) is 0 Å². The Morgan fingerprint density at radius 1 is 0.312 bits per heavy atom. The number of anilines is 3. The van der Waals surface area contributed by atoms with E-state index >= 15 is 0 Å². The quantitative estimate of drug-likeness (QED) is 0.181. The molecule has 8 aromatic carbocycles. The SMILES string of the molecule is c1ccc(-c2ccc(N(c3ccccc3)c3cccc(-c4ccc5cc6c(cc5c4)c4ccccc4n6-c4ccccc4)c3)cc2)cc1. The second kappa shape index (κ2) is 11.8. The van der Waals surface area contributed by atoms with Gasteiger partial charge in [0.25, 0.3) is 0 Å². The molecule has 0 N–H and O–H groups in total. The van der Waals surface area contributed by atoms with Gasteiger partial charge in [0.15, 0.2) is 0 Å². The van der Waals surface area contributed by atoms with Gasteiger partial charge in [-0.05, 0) is 106 Å². The molecule has 0 unspecified atom stereocenters. The van der Waals surface area contributed by atoms with Gasteiger partial charge in [0.1, 0.15) is 0 Å². The number of fused-ring (bicyclic) bond motifs is 4. The summed E-state index contributed by atoms with van der Waals surface area (Å²) < 4.78 is 2.38. The van der Waals surface area contributed by atoms with E-state index in [1.807, 2.05) is 0 Å².